The van der Waals surface area contributed by atoms with Gasteiger partial charge >= 0.3 is 5.97 Å². The molecule has 1 aromatic rings. The van der Waals surface area contributed by atoms with Crippen LogP contribution >= 0.6 is 0 Å². The van der Waals surface area contributed by atoms with E-state index in [4.69, 9.17) is 14.2 Å². The van der Waals surface area contributed by atoms with Crippen molar-refractivity contribution in [2.24, 2.45) is 0 Å². The van der Waals surface area contributed by atoms with Crippen molar-refractivity contribution in [2.75, 3.05) is 14.2 Å². The molecule has 0 atom stereocenters. The van der Waals surface area contributed by atoms with E-state index in [1.807, 2.05) is 26.0 Å². The minimum Gasteiger partial charge on any atom is -0.493 e. The highest BCUT2D eigenvalue weighted by atomic mass is 16.5. The normalized spacial score (nSPS) is 8.94. The SMILES string of the molecule is CC.CCC(=O)OCc1cccc(OC)c1OC. The fourth-order valence-electron chi connectivity index (χ4n) is 1.33. The number of ether oxygens (including phenoxy) is 3. The predicted octanol–water partition coefficient (Wildman–Crippen LogP) is 3.18. The zero-order valence-corrected chi connectivity index (χ0v) is 11.8. The summed E-state index contributed by atoms with van der Waals surface area (Å²) in [6, 6.07) is 5.46. The van der Waals surface area contributed by atoms with Crippen molar-refractivity contribution in [2.45, 2.75) is 33.8 Å². The third-order valence-electron chi connectivity index (χ3n) is 2.16. The molecule has 1 rings (SSSR count). The van der Waals surface area contributed by atoms with Crippen molar-refractivity contribution in [3.05, 3.63) is 23.8 Å². The molecule has 0 amide bonds. The highest BCUT2D eigenvalue weighted by Gasteiger charge is 2.10. The lowest BCUT2D eigenvalue weighted by Crippen LogP contribution is -2.04. The summed E-state index contributed by atoms with van der Waals surface area (Å²) in [5.74, 6) is 1.01. The van der Waals surface area contributed by atoms with Gasteiger partial charge in [-0.25, -0.2) is 0 Å². The fourth-order valence-corrected chi connectivity index (χ4v) is 1.33. The summed E-state index contributed by atoms with van der Waals surface area (Å²) in [5, 5.41) is 0. The molecule has 0 aromatic heterocycles. The van der Waals surface area contributed by atoms with Crippen molar-refractivity contribution in [3.8, 4) is 11.5 Å². The van der Waals surface area contributed by atoms with Gasteiger partial charge in [0.25, 0.3) is 0 Å². The van der Waals surface area contributed by atoms with Crippen LogP contribution in [0.1, 0.15) is 32.8 Å². The van der Waals surface area contributed by atoms with Gasteiger partial charge in [-0.3, -0.25) is 4.79 Å². The molecule has 102 valence electrons. The van der Waals surface area contributed by atoms with Crippen LogP contribution in [0.15, 0.2) is 18.2 Å². The van der Waals surface area contributed by atoms with Crippen molar-refractivity contribution in [1.82, 2.24) is 0 Å². The maximum absolute atomic E-state index is 11.0. The summed E-state index contributed by atoms with van der Waals surface area (Å²) < 4.78 is 15.4. The van der Waals surface area contributed by atoms with Gasteiger partial charge in [0, 0.05) is 12.0 Å². The third-order valence-corrected chi connectivity index (χ3v) is 2.16. The largest absolute Gasteiger partial charge is 0.493 e. The summed E-state index contributed by atoms with van der Waals surface area (Å²) in [4.78, 5) is 11.0. The van der Waals surface area contributed by atoms with Crippen LogP contribution in [0.25, 0.3) is 0 Å². The first-order valence-corrected chi connectivity index (χ1v) is 6.08. The zero-order chi connectivity index (χ0) is 14.0. The van der Waals surface area contributed by atoms with E-state index in [0.29, 0.717) is 17.9 Å². The number of rotatable bonds is 5. The molecule has 1 aromatic carbocycles. The average Bonchev–Trinajstić information content (AvgIpc) is 2.45. The van der Waals surface area contributed by atoms with Crippen LogP contribution in [0.4, 0.5) is 0 Å². The number of hydrogen-bond acceptors (Lipinski definition) is 4. The lowest BCUT2D eigenvalue weighted by atomic mass is 10.2. The maximum Gasteiger partial charge on any atom is 0.305 e. The molecule has 0 bridgehead atoms. The number of hydrogen-bond donors (Lipinski definition) is 0. The molecule has 0 N–H and O–H groups in total. The Kier molecular flexibility index (Phi) is 8.45. The topological polar surface area (TPSA) is 44.8 Å². The molecule has 4 nitrogen and oxygen atoms in total. The molecule has 4 heteroatoms. The van der Waals surface area contributed by atoms with Crippen molar-refractivity contribution in [3.63, 3.8) is 0 Å². The Morgan fingerprint density at radius 3 is 2.33 bits per heavy atom. The van der Waals surface area contributed by atoms with Crippen molar-refractivity contribution >= 4 is 5.97 Å². The van der Waals surface area contributed by atoms with Crippen LogP contribution in [0, 0.1) is 0 Å². The molecule has 0 fully saturated rings. The number of carbonyl (C=O) groups excluding carboxylic acids is 1. The van der Waals surface area contributed by atoms with Gasteiger partial charge in [-0.2, -0.15) is 0 Å². The summed E-state index contributed by atoms with van der Waals surface area (Å²) in [6.45, 7) is 5.96. The second-order valence-electron chi connectivity index (χ2n) is 3.17. The molecule has 18 heavy (non-hydrogen) atoms. The molecule has 0 saturated heterocycles. The summed E-state index contributed by atoms with van der Waals surface area (Å²) >= 11 is 0. The van der Waals surface area contributed by atoms with Gasteiger partial charge < -0.3 is 14.2 Å². The summed E-state index contributed by atoms with van der Waals surface area (Å²) in [7, 11) is 3.13. The number of esters is 1. The van der Waals surface area contributed by atoms with E-state index < -0.39 is 0 Å². The Balaban J connectivity index is 0.00000137. The molecular weight excluding hydrogens is 232 g/mol. The van der Waals surface area contributed by atoms with E-state index >= 15 is 0 Å². The Hall–Kier alpha value is -1.71. The monoisotopic (exact) mass is 254 g/mol. The van der Waals surface area contributed by atoms with Gasteiger partial charge in [0.05, 0.1) is 14.2 Å². The Labute approximate surface area is 109 Å². The van der Waals surface area contributed by atoms with Crippen LogP contribution in [0.3, 0.4) is 0 Å². The van der Waals surface area contributed by atoms with Crippen LogP contribution in [0.2, 0.25) is 0 Å². The molecule has 0 unspecified atom stereocenters. The first-order chi connectivity index (χ1) is 8.72. The van der Waals surface area contributed by atoms with Gasteiger partial charge in [0.1, 0.15) is 6.61 Å². The molecule has 0 saturated carbocycles. The van der Waals surface area contributed by atoms with Gasteiger partial charge in [-0.15, -0.1) is 0 Å². The molecule has 0 aliphatic carbocycles. The Bertz CT molecular complexity index is 361. The average molecular weight is 254 g/mol. The van der Waals surface area contributed by atoms with Crippen molar-refractivity contribution in [1.29, 1.82) is 0 Å². The van der Waals surface area contributed by atoms with Crippen LogP contribution in [-0.4, -0.2) is 20.2 Å². The Morgan fingerprint density at radius 2 is 1.83 bits per heavy atom. The number of benzene rings is 1. The van der Waals surface area contributed by atoms with Gasteiger partial charge in [-0.05, 0) is 6.07 Å². The van der Waals surface area contributed by atoms with E-state index in [-0.39, 0.29) is 12.6 Å². The standard InChI is InChI=1S/C12H16O4.C2H6/c1-4-11(13)16-8-9-6-5-7-10(14-2)12(9)15-3;1-2/h5-7H,4,8H2,1-3H3;1-2H3. The van der Waals surface area contributed by atoms with Gasteiger partial charge in [-0.1, -0.05) is 32.9 Å². The Morgan fingerprint density at radius 1 is 1.17 bits per heavy atom. The number of para-hydroxylation sites is 1. The third kappa shape index (κ3) is 4.65. The first kappa shape index (κ1) is 16.3. The predicted molar refractivity (Wildman–Crippen MR) is 71.0 cm³/mol. The van der Waals surface area contributed by atoms with Gasteiger partial charge in [0.15, 0.2) is 11.5 Å². The first-order valence-electron chi connectivity index (χ1n) is 6.08. The second kappa shape index (κ2) is 9.33. The maximum atomic E-state index is 11.0. The molecule has 0 aliphatic rings. The molecule has 0 radical (unpaired) electrons. The van der Waals surface area contributed by atoms with Crippen molar-refractivity contribution < 1.29 is 19.0 Å². The molecule has 0 spiro atoms. The lowest BCUT2D eigenvalue weighted by Gasteiger charge is -2.12. The van der Waals surface area contributed by atoms with E-state index in [1.165, 1.54) is 0 Å². The lowest BCUT2D eigenvalue weighted by molar-refractivity contribution is -0.144. The molecule has 0 aliphatic heterocycles. The number of carbonyl (C=O) groups is 1. The number of methoxy groups -OCH3 is 2. The molecule has 0 heterocycles. The molecular formula is C14H22O4. The zero-order valence-electron chi connectivity index (χ0n) is 11.8. The van der Waals surface area contributed by atoms with E-state index in [2.05, 4.69) is 0 Å². The van der Waals surface area contributed by atoms with E-state index in [0.717, 1.165) is 5.56 Å². The van der Waals surface area contributed by atoms with Crippen LogP contribution in [-0.2, 0) is 16.1 Å². The quantitative estimate of drug-likeness (QED) is 0.757. The van der Waals surface area contributed by atoms with Crippen LogP contribution < -0.4 is 9.47 Å². The minimum absolute atomic E-state index is 0.201. The highest BCUT2D eigenvalue weighted by molar-refractivity contribution is 5.69. The smallest absolute Gasteiger partial charge is 0.305 e. The van der Waals surface area contributed by atoms with Crippen LogP contribution in [0.5, 0.6) is 11.5 Å². The summed E-state index contributed by atoms with van der Waals surface area (Å²) in [6.07, 6.45) is 0.367. The fraction of sp³-hybridized carbons (Fsp3) is 0.500. The van der Waals surface area contributed by atoms with E-state index in [1.54, 1.807) is 27.2 Å². The van der Waals surface area contributed by atoms with Gasteiger partial charge in [0.2, 0.25) is 0 Å². The minimum atomic E-state index is -0.232. The highest BCUT2D eigenvalue weighted by Crippen LogP contribution is 2.31. The summed E-state index contributed by atoms with van der Waals surface area (Å²) in [5.41, 5.74) is 0.795. The van der Waals surface area contributed by atoms with E-state index in [9.17, 15) is 4.79 Å². The second-order valence-corrected chi connectivity index (χ2v) is 3.17.